The molecule has 8 heteroatoms. The second kappa shape index (κ2) is 4.21. The maximum Gasteiger partial charge on any atom is 0.387 e. The Morgan fingerprint density at radius 1 is 0.867 bits per heavy atom. The lowest BCUT2D eigenvalue weighted by molar-refractivity contribution is -0.0549. The van der Waals surface area contributed by atoms with E-state index < -0.39 is 40.5 Å². The highest BCUT2D eigenvalue weighted by atomic mass is 32.1. The maximum atomic E-state index is 12.8. The molecular formula is C7H2F6OS. The molecule has 0 saturated heterocycles. The largest absolute Gasteiger partial charge is 0.430 e. The first-order valence-electron chi connectivity index (χ1n) is 3.36. The fourth-order valence-corrected chi connectivity index (χ4v) is 1.05. The molecule has 0 aromatic heterocycles. The van der Waals surface area contributed by atoms with Gasteiger partial charge in [0.25, 0.3) is 0 Å². The quantitative estimate of drug-likeness (QED) is 0.366. The molecular weight excluding hydrogens is 246 g/mol. The molecule has 15 heavy (non-hydrogen) atoms. The second-order valence-corrected chi connectivity index (χ2v) is 2.76. The molecule has 0 atom stereocenters. The third-order valence-electron chi connectivity index (χ3n) is 1.41. The van der Waals surface area contributed by atoms with E-state index in [1.54, 1.807) is 0 Å². The van der Waals surface area contributed by atoms with Crippen LogP contribution in [-0.4, -0.2) is 6.61 Å². The van der Waals surface area contributed by atoms with Crippen LogP contribution >= 0.6 is 12.6 Å². The summed E-state index contributed by atoms with van der Waals surface area (Å²) < 4.78 is 77.3. The lowest BCUT2D eigenvalue weighted by Crippen LogP contribution is -2.08. The average molecular weight is 248 g/mol. The van der Waals surface area contributed by atoms with Gasteiger partial charge in [0, 0.05) is 0 Å². The SMILES string of the molecule is Fc1c(F)c(F)c(OC(F)F)c(S)c1F. The summed E-state index contributed by atoms with van der Waals surface area (Å²) in [6.07, 6.45) is 0. The zero-order chi connectivity index (χ0) is 11.7. The smallest absolute Gasteiger partial charge is 0.387 e. The summed E-state index contributed by atoms with van der Waals surface area (Å²) in [5.41, 5.74) is 0. The molecule has 0 aliphatic heterocycles. The maximum absolute atomic E-state index is 12.8. The Morgan fingerprint density at radius 3 is 1.80 bits per heavy atom. The van der Waals surface area contributed by atoms with Crippen molar-refractivity contribution in [2.45, 2.75) is 11.5 Å². The first-order chi connectivity index (χ1) is 6.86. The number of halogens is 6. The van der Waals surface area contributed by atoms with Crippen LogP contribution in [0.3, 0.4) is 0 Å². The van der Waals surface area contributed by atoms with E-state index in [4.69, 9.17) is 0 Å². The molecule has 1 nitrogen and oxygen atoms in total. The van der Waals surface area contributed by atoms with Crippen molar-refractivity contribution in [2.75, 3.05) is 0 Å². The van der Waals surface area contributed by atoms with Crippen molar-refractivity contribution in [3.63, 3.8) is 0 Å². The molecule has 1 aromatic rings. The molecule has 1 rings (SSSR count). The molecule has 0 bridgehead atoms. The van der Waals surface area contributed by atoms with Gasteiger partial charge in [0.05, 0.1) is 4.90 Å². The Morgan fingerprint density at radius 2 is 1.33 bits per heavy atom. The molecule has 0 saturated carbocycles. The lowest BCUT2D eigenvalue weighted by atomic mass is 10.3. The van der Waals surface area contributed by atoms with Crippen LogP contribution in [-0.2, 0) is 0 Å². The topological polar surface area (TPSA) is 9.23 Å². The molecule has 0 fully saturated rings. The molecule has 1 aromatic carbocycles. The molecule has 0 spiro atoms. The van der Waals surface area contributed by atoms with E-state index in [0.717, 1.165) is 0 Å². The summed E-state index contributed by atoms with van der Waals surface area (Å²) in [4.78, 5) is -1.16. The van der Waals surface area contributed by atoms with Gasteiger partial charge in [-0.3, -0.25) is 0 Å². The van der Waals surface area contributed by atoms with Gasteiger partial charge in [-0.15, -0.1) is 12.6 Å². The zero-order valence-corrected chi connectivity index (χ0v) is 7.60. The summed E-state index contributed by atoms with van der Waals surface area (Å²) in [6.45, 7) is -3.50. The third kappa shape index (κ3) is 2.14. The van der Waals surface area contributed by atoms with Crippen LogP contribution in [0.4, 0.5) is 26.3 Å². The first-order valence-corrected chi connectivity index (χ1v) is 3.80. The Balaban J connectivity index is 3.39. The van der Waals surface area contributed by atoms with E-state index in [9.17, 15) is 26.3 Å². The highest BCUT2D eigenvalue weighted by molar-refractivity contribution is 7.80. The van der Waals surface area contributed by atoms with Crippen LogP contribution in [0.25, 0.3) is 0 Å². The zero-order valence-electron chi connectivity index (χ0n) is 6.70. The van der Waals surface area contributed by atoms with Gasteiger partial charge in [0.2, 0.25) is 11.6 Å². The first kappa shape index (κ1) is 12.0. The number of benzene rings is 1. The minimum Gasteiger partial charge on any atom is -0.430 e. The van der Waals surface area contributed by atoms with Crippen molar-refractivity contribution in [3.8, 4) is 5.75 Å². The van der Waals surface area contributed by atoms with Gasteiger partial charge in [-0.2, -0.15) is 13.2 Å². The Bertz CT molecular complexity index is 365. The predicted molar refractivity (Wildman–Crippen MR) is 40.2 cm³/mol. The van der Waals surface area contributed by atoms with Gasteiger partial charge in [0.1, 0.15) is 0 Å². The van der Waals surface area contributed by atoms with Gasteiger partial charge in [-0.25, -0.2) is 13.2 Å². The molecule has 0 heterocycles. The van der Waals surface area contributed by atoms with Crippen LogP contribution in [0.15, 0.2) is 4.90 Å². The highest BCUT2D eigenvalue weighted by Crippen LogP contribution is 2.33. The molecule has 0 aliphatic carbocycles. The third-order valence-corrected chi connectivity index (χ3v) is 1.81. The number of alkyl halides is 2. The van der Waals surface area contributed by atoms with Crippen molar-refractivity contribution in [3.05, 3.63) is 23.3 Å². The summed E-state index contributed by atoms with van der Waals surface area (Å²) >= 11 is 3.19. The van der Waals surface area contributed by atoms with Gasteiger partial charge in [0.15, 0.2) is 17.4 Å². The molecule has 0 radical (unpaired) electrons. The van der Waals surface area contributed by atoms with Gasteiger partial charge < -0.3 is 4.74 Å². The van der Waals surface area contributed by atoms with Crippen molar-refractivity contribution >= 4 is 12.6 Å². The Kier molecular flexibility index (Phi) is 3.38. The lowest BCUT2D eigenvalue weighted by Gasteiger charge is -2.10. The fraction of sp³-hybridized carbons (Fsp3) is 0.143. The molecule has 84 valence electrons. The van der Waals surface area contributed by atoms with E-state index in [2.05, 4.69) is 17.4 Å². The van der Waals surface area contributed by atoms with Crippen LogP contribution < -0.4 is 4.74 Å². The monoisotopic (exact) mass is 248 g/mol. The van der Waals surface area contributed by atoms with E-state index in [1.807, 2.05) is 0 Å². The Labute approximate surface area is 85.1 Å². The number of hydrogen-bond donors (Lipinski definition) is 1. The van der Waals surface area contributed by atoms with E-state index >= 15 is 0 Å². The van der Waals surface area contributed by atoms with E-state index in [1.165, 1.54) is 0 Å². The van der Waals surface area contributed by atoms with Gasteiger partial charge in [-0.05, 0) is 0 Å². The minimum atomic E-state index is -3.50. The summed E-state index contributed by atoms with van der Waals surface area (Å²) in [6, 6.07) is 0. The molecule has 0 amide bonds. The van der Waals surface area contributed by atoms with Crippen LogP contribution in [0.2, 0.25) is 0 Å². The van der Waals surface area contributed by atoms with Crippen molar-refractivity contribution in [1.82, 2.24) is 0 Å². The van der Waals surface area contributed by atoms with Gasteiger partial charge in [-0.1, -0.05) is 0 Å². The number of ether oxygens (including phenoxy) is 1. The number of rotatable bonds is 2. The molecule has 0 N–H and O–H groups in total. The molecule has 0 aliphatic rings. The second-order valence-electron chi connectivity index (χ2n) is 2.31. The van der Waals surface area contributed by atoms with E-state index in [-0.39, 0.29) is 0 Å². The number of hydrogen-bond acceptors (Lipinski definition) is 2. The number of thiol groups is 1. The van der Waals surface area contributed by atoms with Crippen molar-refractivity contribution in [1.29, 1.82) is 0 Å². The van der Waals surface area contributed by atoms with Crippen molar-refractivity contribution in [2.24, 2.45) is 0 Å². The summed E-state index contributed by atoms with van der Waals surface area (Å²) in [5.74, 6) is -9.79. The summed E-state index contributed by atoms with van der Waals surface area (Å²) in [5, 5.41) is 0. The standard InChI is InChI=1S/C7H2F6OS/c8-1-2(9)4(11)6(15)5(3(1)10)14-7(12)13/h7,15H. The predicted octanol–water partition coefficient (Wildman–Crippen LogP) is 3.13. The Hall–Kier alpha value is -1.05. The van der Waals surface area contributed by atoms with Gasteiger partial charge >= 0.3 is 6.61 Å². The van der Waals surface area contributed by atoms with Crippen LogP contribution in [0.5, 0.6) is 5.75 Å². The minimum absolute atomic E-state index is 1.16. The fourth-order valence-electron chi connectivity index (χ4n) is 0.797. The van der Waals surface area contributed by atoms with E-state index in [0.29, 0.717) is 0 Å². The highest BCUT2D eigenvalue weighted by Gasteiger charge is 2.26. The molecule has 0 unspecified atom stereocenters. The van der Waals surface area contributed by atoms with Crippen LogP contribution in [0.1, 0.15) is 0 Å². The summed E-state index contributed by atoms with van der Waals surface area (Å²) in [7, 11) is 0. The normalized spacial score (nSPS) is 10.9. The average Bonchev–Trinajstić information content (AvgIpc) is 2.18. The van der Waals surface area contributed by atoms with Crippen LogP contribution in [0, 0.1) is 23.3 Å². The van der Waals surface area contributed by atoms with Crippen molar-refractivity contribution < 1.29 is 31.1 Å².